The van der Waals surface area contributed by atoms with Crippen LogP contribution in [0.15, 0.2) is 48.7 Å². The van der Waals surface area contributed by atoms with Crippen molar-refractivity contribution in [3.63, 3.8) is 0 Å². The van der Waals surface area contributed by atoms with Crippen molar-refractivity contribution in [2.45, 2.75) is 20.8 Å². The average molecular weight is 474 g/mol. The Balaban J connectivity index is 0.00000156. The minimum Gasteiger partial charge on any atom is -0.305 e. The predicted octanol–water partition coefficient (Wildman–Crippen LogP) is 2.30. The van der Waals surface area contributed by atoms with Gasteiger partial charge in [-0.2, -0.15) is 0 Å². The molecule has 1 aliphatic rings. The number of benzene rings is 2. The number of pyridine rings is 1. The number of aryl methyl sites for hydroxylation is 3. The maximum absolute atomic E-state index is 4.63. The molecule has 0 N–H and O–H groups in total. The normalized spacial score (nSPS) is 11.7. The van der Waals surface area contributed by atoms with E-state index in [1.807, 2.05) is 12.3 Å². The third-order valence-electron chi connectivity index (χ3n) is 4.64. The van der Waals surface area contributed by atoms with Crippen LogP contribution in [0, 0.1) is 26.8 Å². The predicted molar refractivity (Wildman–Crippen MR) is 93.8 cm³/mol. The SMILES string of the molecule is Cc1c[c-]c2c(c1)B(c1c(C)cccc1C)c1cccnc1-2.[Ir]. The second kappa shape index (κ2) is 6.07. The van der Waals surface area contributed by atoms with Gasteiger partial charge in [0.2, 0.25) is 0 Å². The molecule has 0 fully saturated rings. The van der Waals surface area contributed by atoms with Crippen LogP contribution in [-0.4, -0.2) is 11.7 Å². The third-order valence-corrected chi connectivity index (χ3v) is 4.64. The van der Waals surface area contributed by atoms with Gasteiger partial charge in [-0.25, -0.2) is 0 Å². The molecule has 2 aromatic carbocycles. The van der Waals surface area contributed by atoms with E-state index in [1.54, 1.807) is 0 Å². The van der Waals surface area contributed by atoms with Gasteiger partial charge in [0.1, 0.15) is 0 Å². The first-order valence-electron chi connectivity index (χ1n) is 7.70. The Morgan fingerprint density at radius 3 is 2.43 bits per heavy atom. The van der Waals surface area contributed by atoms with E-state index in [4.69, 9.17) is 0 Å². The first-order valence-corrected chi connectivity index (χ1v) is 7.70. The van der Waals surface area contributed by atoms with Crippen LogP contribution >= 0.6 is 0 Å². The van der Waals surface area contributed by atoms with Gasteiger partial charge in [0.25, 0.3) is 0 Å². The molecule has 23 heavy (non-hydrogen) atoms. The summed E-state index contributed by atoms with van der Waals surface area (Å²) in [5.74, 6) is 0. The summed E-state index contributed by atoms with van der Waals surface area (Å²) in [6, 6.07) is 18.6. The van der Waals surface area contributed by atoms with Crippen LogP contribution in [0.2, 0.25) is 0 Å². The number of hydrogen-bond acceptors (Lipinski definition) is 1. The van der Waals surface area contributed by atoms with Gasteiger partial charge in [-0.15, -0.1) is 34.8 Å². The van der Waals surface area contributed by atoms with E-state index >= 15 is 0 Å². The summed E-state index contributed by atoms with van der Waals surface area (Å²) in [7, 11) is 0. The van der Waals surface area contributed by atoms with Crippen LogP contribution in [0.5, 0.6) is 0 Å². The molecule has 1 aliphatic heterocycles. The van der Waals surface area contributed by atoms with Crippen LogP contribution in [0.25, 0.3) is 11.3 Å². The fourth-order valence-electron chi connectivity index (χ4n) is 3.68. The number of nitrogens with zero attached hydrogens (tertiary/aromatic N) is 1. The molecule has 3 aromatic rings. The number of rotatable bonds is 1. The molecule has 4 rings (SSSR count). The van der Waals surface area contributed by atoms with E-state index in [-0.39, 0.29) is 26.8 Å². The fraction of sp³-hybridized carbons (Fsp3) is 0.150. The maximum Gasteiger partial charge on any atom is 0.182 e. The summed E-state index contributed by atoms with van der Waals surface area (Å²) in [6.45, 7) is 6.82. The van der Waals surface area contributed by atoms with Crippen molar-refractivity contribution in [1.29, 1.82) is 0 Å². The van der Waals surface area contributed by atoms with Crippen LogP contribution in [-0.2, 0) is 20.1 Å². The van der Waals surface area contributed by atoms with Gasteiger partial charge in [-0.3, -0.25) is 0 Å². The largest absolute Gasteiger partial charge is 0.305 e. The second-order valence-corrected chi connectivity index (χ2v) is 6.19. The Labute approximate surface area is 151 Å². The molecule has 0 atom stereocenters. The summed E-state index contributed by atoms with van der Waals surface area (Å²) in [6.07, 6.45) is 1.88. The summed E-state index contributed by atoms with van der Waals surface area (Å²) >= 11 is 0. The van der Waals surface area contributed by atoms with Gasteiger partial charge in [-0.1, -0.05) is 53.2 Å². The van der Waals surface area contributed by atoms with Gasteiger partial charge >= 0.3 is 0 Å². The van der Waals surface area contributed by atoms with Gasteiger partial charge in [0.15, 0.2) is 6.71 Å². The fourth-order valence-corrected chi connectivity index (χ4v) is 3.68. The van der Waals surface area contributed by atoms with Gasteiger partial charge < -0.3 is 4.98 Å². The summed E-state index contributed by atoms with van der Waals surface area (Å²) < 4.78 is 0. The molecular formula is C20H17BIrN-. The van der Waals surface area contributed by atoms with E-state index < -0.39 is 0 Å². The van der Waals surface area contributed by atoms with E-state index in [2.05, 4.69) is 68.2 Å². The molecule has 1 nitrogen and oxygen atoms in total. The minimum atomic E-state index is 0. The molecule has 1 aromatic heterocycles. The topological polar surface area (TPSA) is 12.9 Å². The second-order valence-electron chi connectivity index (χ2n) is 6.19. The first kappa shape index (κ1) is 16.2. The van der Waals surface area contributed by atoms with Gasteiger partial charge in [0.05, 0.1) is 0 Å². The Morgan fingerprint density at radius 1 is 0.957 bits per heavy atom. The monoisotopic (exact) mass is 475 g/mol. The van der Waals surface area contributed by atoms with E-state index in [0.29, 0.717) is 0 Å². The molecule has 1 radical (unpaired) electrons. The minimum absolute atomic E-state index is 0. The Morgan fingerprint density at radius 2 is 1.70 bits per heavy atom. The van der Waals surface area contributed by atoms with Crippen molar-refractivity contribution in [2.24, 2.45) is 0 Å². The van der Waals surface area contributed by atoms with Crippen molar-refractivity contribution >= 4 is 23.1 Å². The first-order chi connectivity index (χ1) is 10.7. The van der Waals surface area contributed by atoms with E-state index in [0.717, 1.165) is 11.3 Å². The summed E-state index contributed by atoms with van der Waals surface area (Å²) in [4.78, 5) is 4.63. The van der Waals surface area contributed by atoms with Crippen molar-refractivity contribution < 1.29 is 20.1 Å². The van der Waals surface area contributed by atoms with Gasteiger partial charge in [-0.05, 0) is 25.6 Å². The van der Waals surface area contributed by atoms with Gasteiger partial charge in [0, 0.05) is 26.3 Å². The molecule has 115 valence electrons. The smallest absolute Gasteiger partial charge is 0.182 e. The van der Waals surface area contributed by atoms with Crippen LogP contribution < -0.4 is 16.4 Å². The molecule has 0 saturated carbocycles. The summed E-state index contributed by atoms with van der Waals surface area (Å²) in [5, 5.41) is 0. The molecule has 0 saturated heterocycles. The zero-order valence-corrected chi connectivity index (χ0v) is 15.9. The molecular weight excluding hydrogens is 457 g/mol. The number of fused-ring (bicyclic) bond motifs is 3. The molecule has 3 heteroatoms. The molecule has 0 aliphatic carbocycles. The quantitative estimate of drug-likeness (QED) is 0.305. The van der Waals surface area contributed by atoms with Crippen LogP contribution in [0.1, 0.15) is 16.7 Å². The van der Waals surface area contributed by atoms with E-state index in [9.17, 15) is 0 Å². The summed E-state index contributed by atoms with van der Waals surface area (Å²) in [5.41, 5.74) is 10.2. The molecule has 0 bridgehead atoms. The van der Waals surface area contributed by atoms with Crippen molar-refractivity contribution in [3.8, 4) is 11.3 Å². The third kappa shape index (κ3) is 2.49. The number of hydrogen-bond donors (Lipinski definition) is 0. The van der Waals surface area contributed by atoms with Crippen molar-refractivity contribution in [3.05, 3.63) is 71.4 Å². The van der Waals surface area contributed by atoms with Crippen molar-refractivity contribution in [1.82, 2.24) is 4.98 Å². The number of aromatic nitrogens is 1. The average Bonchev–Trinajstić information content (AvgIpc) is 2.81. The van der Waals surface area contributed by atoms with Crippen LogP contribution in [0.3, 0.4) is 0 Å². The molecule has 0 amide bonds. The molecule has 0 unspecified atom stereocenters. The standard InChI is InChI=1S/C20H17BN.Ir/c1-13-9-10-16-18(12-13)21(17-8-5-11-22-20(16)17)19-14(2)6-4-7-15(19)3;/h4-9,11-12H,1-3H3;/q-1;. The van der Waals surface area contributed by atoms with E-state index in [1.165, 1.54) is 33.1 Å². The zero-order valence-electron chi connectivity index (χ0n) is 13.5. The molecule has 0 spiro atoms. The zero-order chi connectivity index (χ0) is 15.3. The Bertz CT molecular complexity index is 868. The van der Waals surface area contributed by atoms with Crippen molar-refractivity contribution in [2.75, 3.05) is 0 Å². The Hall–Kier alpha value is -1.70. The Kier molecular flexibility index (Phi) is 4.27. The molecule has 2 heterocycles. The van der Waals surface area contributed by atoms with Crippen LogP contribution in [0.4, 0.5) is 0 Å². The maximum atomic E-state index is 4.63.